The maximum atomic E-state index is 0. The number of halogens is 1. The van der Waals surface area contributed by atoms with Crippen LogP contribution in [0.1, 0.15) is 0 Å². The highest BCUT2D eigenvalue weighted by molar-refractivity contribution is 2.13. The van der Waals surface area contributed by atoms with Crippen LogP contribution < -0.4 is 6.15 Å². The normalized spacial score (nSPS) is 0. The zero-order chi connectivity index (χ0) is 0. The molecule has 0 atom stereocenters. The van der Waals surface area contributed by atoms with Crippen LogP contribution in [0.15, 0.2) is 0 Å². The summed E-state index contributed by atoms with van der Waals surface area (Å²) in [5, 5.41) is 0. The minimum absolute atomic E-state index is 0. The lowest BCUT2D eigenvalue weighted by atomic mass is 14.0. The zero-order valence-electron chi connectivity index (χ0n) is 3.12. The Hall–Kier alpha value is -0.270. The van der Waals surface area contributed by atoms with Crippen LogP contribution in [0.5, 0.6) is 0 Å². The van der Waals surface area contributed by atoms with Gasteiger partial charge in [0.1, 0.15) is 0 Å². The molecular formula is H12FNO4. The van der Waals surface area contributed by atoms with Gasteiger partial charge in [0, 0.05) is 0 Å². The Balaban J connectivity index is 0. The largest absolute Gasteiger partial charge is 0.412 e. The molecule has 0 spiro atoms. The van der Waals surface area contributed by atoms with Crippen molar-refractivity contribution in [1.82, 2.24) is 6.15 Å². The van der Waals surface area contributed by atoms with Crippen molar-refractivity contribution in [1.29, 1.82) is 0 Å². The van der Waals surface area contributed by atoms with E-state index in [0.29, 0.717) is 0 Å². The van der Waals surface area contributed by atoms with Crippen molar-refractivity contribution in [3.8, 4) is 0 Å². The third-order valence-corrected chi connectivity index (χ3v) is 0. The molecule has 0 bridgehead atoms. The Bertz CT molecular complexity index is 7.51. The van der Waals surface area contributed by atoms with Crippen molar-refractivity contribution in [2.75, 3.05) is 0 Å². The lowest BCUT2D eigenvalue weighted by molar-refractivity contribution is 0.823. The molecule has 11 N–H and O–H groups in total. The van der Waals surface area contributed by atoms with E-state index >= 15 is 0 Å². The van der Waals surface area contributed by atoms with Crippen LogP contribution in [0.3, 0.4) is 0 Å². The molecule has 5 nitrogen and oxygen atoms in total. The van der Waals surface area contributed by atoms with E-state index in [-0.39, 0.29) is 32.8 Å². The first-order chi connectivity index (χ1) is 0. The van der Waals surface area contributed by atoms with Gasteiger partial charge < -0.3 is 28.1 Å². The molecule has 0 radical (unpaired) electrons. The monoisotopic (exact) mass is 109 g/mol. The van der Waals surface area contributed by atoms with E-state index in [0.717, 1.165) is 0 Å². The quantitative estimate of drug-likeness (QED) is 0.345. The van der Waals surface area contributed by atoms with Crippen LogP contribution in [0.4, 0.5) is 4.70 Å². The molecule has 0 unspecified atom stereocenters. The molecule has 0 amide bonds. The summed E-state index contributed by atoms with van der Waals surface area (Å²) >= 11 is 0. The molecule has 0 aliphatic rings. The molecule has 0 aliphatic heterocycles. The second-order valence-electron chi connectivity index (χ2n) is 0. The Kier molecular flexibility index (Phi) is 265000. The molecule has 0 rings (SSSR count). The van der Waals surface area contributed by atoms with Crippen molar-refractivity contribution in [3.63, 3.8) is 0 Å². The Morgan fingerprint density at radius 2 is 0.500 bits per heavy atom. The first kappa shape index (κ1) is 1760. The van der Waals surface area contributed by atoms with E-state index in [9.17, 15) is 0 Å². The molecule has 0 aliphatic carbocycles. The summed E-state index contributed by atoms with van der Waals surface area (Å²) in [4.78, 5) is 0. The van der Waals surface area contributed by atoms with Crippen LogP contribution in [-0.4, -0.2) is 21.9 Å². The van der Waals surface area contributed by atoms with Gasteiger partial charge in [-0.3, -0.25) is 4.70 Å². The molecule has 6 heavy (non-hydrogen) atoms. The minimum atomic E-state index is 0. The summed E-state index contributed by atoms with van der Waals surface area (Å²) in [5.74, 6) is 0. The van der Waals surface area contributed by atoms with Gasteiger partial charge in [-0.1, -0.05) is 0 Å². The fraction of sp³-hybridized carbons (Fsp3) is 0. The van der Waals surface area contributed by atoms with Crippen LogP contribution >= 0.6 is 0 Å². The van der Waals surface area contributed by atoms with Crippen LogP contribution in [0, 0.1) is 0 Å². The average molecular weight is 109 g/mol. The third-order valence-electron chi connectivity index (χ3n) is 0. The standard InChI is InChI=1S/FH.H3N.4H2O/h1H;1H3;4*1H2. The second kappa shape index (κ2) is 903. The highest BCUT2D eigenvalue weighted by Gasteiger charge is -0.269. The van der Waals surface area contributed by atoms with Crippen LogP contribution in [0.25, 0.3) is 0 Å². The Morgan fingerprint density at radius 3 is 0.500 bits per heavy atom. The minimum Gasteiger partial charge on any atom is -0.412 e. The van der Waals surface area contributed by atoms with Gasteiger partial charge in [0.05, 0.1) is 0 Å². The van der Waals surface area contributed by atoms with Gasteiger partial charge in [-0.15, -0.1) is 0 Å². The molecule has 0 fully saturated rings. The van der Waals surface area contributed by atoms with E-state index in [1.807, 2.05) is 0 Å². The molecule has 6 heteroatoms. The van der Waals surface area contributed by atoms with Crippen molar-refractivity contribution >= 4 is 0 Å². The lowest BCUT2D eigenvalue weighted by Crippen LogP contribution is -0.481. The summed E-state index contributed by atoms with van der Waals surface area (Å²) in [6, 6.07) is 0. The Morgan fingerprint density at radius 1 is 0.500 bits per heavy atom. The number of rotatable bonds is 0. The van der Waals surface area contributed by atoms with Gasteiger partial charge in [-0.05, 0) is 0 Å². The lowest BCUT2D eigenvalue weighted by Gasteiger charge is -0.413. The summed E-state index contributed by atoms with van der Waals surface area (Å²) in [6.45, 7) is 0. The van der Waals surface area contributed by atoms with Gasteiger partial charge in [0.2, 0.25) is 0 Å². The van der Waals surface area contributed by atoms with Crippen molar-refractivity contribution < 1.29 is 26.6 Å². The van der Waals surface area contributed by atoms with E-state index in [4.69, 9.17) is 0 Å². The van der Waals surface area contributed by atoms with Gasteiger partial charge in [0.15, 0.2) is 0 Å². The highest BCUT2D eigenvalue weighted by Crippen LogP contribution is 0.420. The third kappa shape index (κ3) is 381. The number of hydrogen-bond acceptors (Lipinski definition) is 1. The molecule has 0 saturated carbocycles. The van der Waals surface area contributed by atoms with Crippen LogP contribution in [-0.2, 0) is 0 Å². The molecule has 48 valence electrons. The summed E-state index contributed by atoms with van der Waals surface area (Å²) in [5.41, 5.74) is 0. The van der Waals surface area contributed by atoms with Gasteiger partial charge in [-0.25, -0.2) is 0 Å². The van der Waals surface area contributed by atoms with Gasteiger partial charge in [0.25, 0.3) is 0 Å². The second-order valence-corrected chi connectivity index (χ2v) is 0. The first-order valence-electron chi connectivity index (χ1n) is 0. The summed E-state index contributed by atoms with van der Waals surface area (Å²) < 4.78 is 0. The van der Waals surface area contributed by atoms with Crippen molar-refractivity contribution in [2.24, 2.45) is 0 Å². The SMILES string of the molecule is F.N.O.O.O.O. The molecule has 0 saturated heterocycles. The van der Waals surface area contributed by atoms with Crippen molar-refractivity contribution in [2.45, 2.75) is 0 Å². The predicted octanol–water partition coefficient (Wildman–Crippen LogP) is -2.98. The van der Waals surface area contributed by atoms with E-state index in [1.54, 1.807) is 0 Å². The topological polar surface area (TPSA) is 161 Å². The Labute approximate surface area is 34.2 Å². The average Bonchev–Trinajstić information content (AvgIpc) is 0. The number of hydrogen-bond donors (Lipinski definition) is 1. The van der Waals surface area contributed by atoms with E-state index in [2.05, 4.69) is 0 Å². The van der Waals surface area contributed by atoms with E-state index < -0.39 is 0 Å². The molecule has 0 aromatic heterocycles. The maximum absolute atomic E-state index is 0. The molecular weight excluding hydrogens is 97.0 g/mol. The van der Waals surface area contributed by atoms with Crippen LogP contribution in [0.2, 0.25) is 0 Å². The summed E-state index contributed by atoms with van der Waals surface area (Å²) in [7, 11) is 0. The molecule has 0 aromatic carbocycles. The smallest absolute Gasteiger partial charge is 0.269 e. The highest BCUT2D eigenvalue weighted by atomic mass is 19.0. The van der Waals surface area contributed by atoms with Gasteiger partial charge in [-0.2, -0.15) is 0 Å². The van der Waals surface area contributed by atoms with Crippen molar-refractivity contribution in [3.05, 3.63) is 0 Å². The fourth-order valence-corrected chi connectivity index (χ4v) is 0. The molecule has 0 aromatic rings. The first-order valence-corrected chi connectivity index (χ1v) is 0. The predicted molar refractivity (Wildman–Crippen MR) is 22.0 cm³/mol. The summed E-state index contributed by atoms with van der Waals surface area (Å²) in [6.07, 6.45) is 0. The molecule has 0 heterocycles. The fourth-order valence-electron chi connectivity index (χ4n) is 0. The van der Waals surface area contributed by atoms with E-state index in [1.165, 1.54) is 0 Å². The van der Waals surface area contributed by atoms with Gasteiger partial charge >= 0.3 is 0 Å². The maximum Gasteiger partial charge on any atom is -0.269 e. The zero-order valence-corrected chi connectivity index (χ0v) is 3.12.